The first-order valence-electron chi connectivity index (χ1n) is 9.20. The van der Waals surface area contributed by atoms with Gasteiger partial charge in [-0.2, -0.15) is 4.68 Å². The smallest absolute Gasteiger partial charge is 0.339 e. The lowest BCUT2D eigenvalue weighted by Gasteiger charge is -2.13. The van der Waals surface area contributed by atoms with Gasteiger partial charge in [0.05, 0.1) is 35.9 Å². The number of rotatable bonds is 8. The number of carbonyl (C=O) groups excluding carboxylic acids is 2. The fourth-order valence-electron chi connectivity index (χ4n) is 2.59. The Labute approximate surface area is 177 Å². The molecule has 0 radical (unpaired) electrons. The van der Waals surface area contributed by atoms with E-state index in [2.05, 4.69) is 20.8 Å². The number of nitrogens with one attached hydrogen (secondary N) is 1. The highest BCUT2D eigenvalue weighted by Gasteiger charge is 2.21. The van der Waals surface area contributed by atoms with E-state index in [-0.39, 0.29) is 11.5 Å². The maximum absolute atomic E-state index is 12.7. The van der Waals surface area contributed by atoms with Gasteiger partial charge >= 0.3 is 5.97 Å². The predicted octanol–water partition coefficient (Wildman–Crippen LogP) is 2.97. The summed E-state index contributed by atoms with van der Waals surface area (Å²) in [4.78, 5) is 24.6. The third-order valence-electron chi connectivity index (χ3n) is 4.07. The number of thioether (sulfide) groups is 1. The second kappa shape index (κ2) is 9.88. The molecule has 0 spiro atoms. The molecule has 1 aromatic heterocycles. The van der Waals surface area contributed by atoms with Crippen LogP contribution in [-0.4, -0.2) is 51.1 Å². The molecule has 0 unspecified atom stereocenters. The molecule has 1 atom stereocenters. The van der Waals surface area contributed by atoms with Crippen LogP contribution in [0.25, 0.3) is 5.69 Å². The van der Waals surface area contributed by atoms with Gasteiger partial charge in [-0.1, -0.05) is 23.9 Å². The molecule has 10 heteroatoms. The number of nitrogens with zero attached hydrogens (tertiary/aromatic N) is 4. The zero-order valence-electron chi connectivity index (χ0n) is 16.7. The standard InChI is InChI=1S/C20H21N5O4S/c1-4-29-15-11-9-14(10-12-15)25-20(22-23-24-25)30-13(2)18(26)21-17-8-6-5-7-16(17)19(27)28-3/h5-13H,4H2,1-3H3,(H,21,26)/t13-/m0/s1. The van der Waals surface area contributed by atoms with Crippen LogP contribution in [0.1, 0.15) is 24.2 Å². The highest BCUT2D eigenvalue weighted by molar-refractivity contribution is 8.00. The average molecular weight is 427 g/mol. The van der Waals surface area contributed by atoms with Crippen LogP contribution in [-0.2, 0) is 9.53 Å². The molecule has 0 fully saturated rings. The molecule has 3 rings (SSSR count). The number of benzene rings is 2. The first-order chi connectivity index (χ1) is 14.5. The van der Waals surface area contributed by atoms with Crippen molar-refractivity contribution in [1.29, 1.82) is 0 Å². The molecule has 1 amide bonds. The monoisotopic (exact) mass is 427 g/mol. The summed E-state index contributed by atoms with van der Waals surface area (Å²) in [7, 11) is 1.29. The number of hydrogen-bond acceptors (Lipinski definition) is 8. The van der Waals surface area contributed by atoms with Gasteiger partial charge in [-0.25, -0.2) is 4.79 Å². The van der Waals surface area contributed by atoms with Gasteiger partial charge in [0.15, 0.2) is 0 Å². The van der Waals surface area contributed by atoms with Gasteiger partial charge in [0.2, 0.25) is 11.1 Å². The highest BCUT2D eigenvalue weighted by Crippen LogP contribution is 2.25. The summed E-state index contributed by atoms with van der Waals surface area (Å²) < 4.78 is 11.8. The Morgan fingerprint density at radius 1 is 1.17 bits per heavy atom. The minimum absolute atomic E-state index is 0.282. The molecule has 156 valence electrons. The maximum Gasteiger partial charge on any atom is 0.339 e. The molecule has 30 heavy (non-hydrogen) atoms. The third-order valence-corrected chi connectivity index (χ3v) is 5.11. The number of ether oxygens (including phenoxy) is 2. The Morgan fingerprint density at radius 3 is 2.60 bits per heavy atom. The molecule has 1 heterocycles. The summed E-state index contributed by atoms with van der Waals surface area (Å²) in [6, 6.07) is 14.0. The fourth-order valence-corrected chi connectivity index (χ4v) is 3.40. The molecule has 0 aliphatic carbocycles. The Kier molecular flexibility index (Phi) is 7.02. The summed E-state index contributed by atoms with van der Waals surface area (Å²) in [6.07, 6.45) is 0. The van der Waals surface area contributed by atoms with Gasteiger partial charge < -0.3 is 14.8 Å². The van der Waals surface area contributed by atoms with Crippen molar-refractivity contribution >= 4 is 29.3 Å². The quantitative estimate of drug-likeness (QED) is 0.432. The predicted molar refractivity (Wildman–Crippen MR) is 112 cm³/mol. The van der Waals surface area contributed by atoms with Crippen LogP contribution < -0.4 is 10.1 Å². The van der Waals surface area contributed by atoms with Crippen LogP contribution in [0.4, 0.5) is 5.69 Å². The number of anilines is 1. The number of esters is 1. The second-order valence-corrected chi connectivity index (χ2v) is 7.39. The van der Waals surface area contributed by atoms with Crippen LogP contribution in [0.3, 0.4) is 0 Å². The number of hydrogen-bond donors (Lipinski definition) is 1. The second-order valence-electron chi connectivity index (χ2n) is 6.09. The van der Waals surface area contributed by atoms with E-state index in [9.17, 15) is 9.59 Å². The molecule has 0 saturated carbocycles. The van der Waals surface area contributed by atoms with Crippen LogP contribution in [0.2, 0.25) is 0 Å². The number of carbonyl (C=O) groups is 2. The summed E-state index contributed by atoms with van der Waals surface area (Å²) in [5.41, 5.74) is 1.41. The Hall–Kier alpha value is -3.40. The summed E-state index contributed by atoms with van der Waals surface area (Å²) in [6.45, 7) is 4.23. The fraction of sp³-hybridized carbons (Fsp3) is 0.250. The number of methoxy groups -OCH3 is 1. The van der Waals surface area contributed by atoms with E-state index >= 15 is 0 Å². The summed E-state index contributed by atoms with van der Waals surface area (Å²) in [5.74, 6) is -0.0659. The summed E-state index contributed by atoms with van der Waals surface area (Å²) in [5, 5.41) is 14.4. The van der Waals surface area contributed by atoms with Gasteiger partial charge in [-0.3, -0.25) is 4.79 Å². The number of amides is 1. The minimum atomic E-state index is -0.525. The van der Waals surface area contributed by atoms with E-state index in [1.165, 1.54) is 18.9 Å². The Morgan fingerprint density at radius 2 is 1.90 bits per heavy atom. The normalized spacial score (nSPS) is 11.6. The SMILES string of the molecule is CCOc1ccc(-n2nnnc2S[C@@H](C)C(=O)Nc2ccccc2C(=O)OC)cc1. The van der Waals surface area contributed by atoms with E-state index in [1.54, 1.807) is 35.9 Å². The van der Waals surface area contributed by atoms with E-state index in [0.29, 0.717) is 17.5 Å². The molecule has 0 bridgehead atoms. The number of aromatic nitrogens is 4. The van der Waals surface area contributed by atoms with Gasteiger partial charge in [0.25, 0.3) is 0 Å². The average Bonchev–Trinajstić information content (AvgIpc) is 3.22. The lowest BCUT2D eigenvalue weighted by molar-refractivity contribution is -0.115. The molecule has 0 saturated heterocycles. The van der Waals surface area contributed by atoms with E-state index in [0.717, 1.165) is 11.4 Å². The highest BCUT2D eigenvalue weighted by atomic mass is 32.2. The lowest BCUT2D eigenvalue weighted by atomic mass is 10.2. The van der Waals surface area contributed by atoms with Crippen molar-refractivity contribution in [2.75, 3.05) is 19.0 Å². The summed E-state index contributed by atoms with van der Waals surface area (Å²) >= 11 is 1.20. The number of tetrazole rings is 1. The first-order valence-corrected chi connectivity index (χ1v) is 10.1. The van der Waals surface area contributed by atoms with E-state index in [4.69, 9.17) is 9.47 Å². The minimum Gasteiger partial charge on any atom is -0.494 e. The van der Waals surface area contributed by atoms with Crippen molar-refractivity contribution in [2.24, 2.45) is 0 Å². The van der Waals surface area contributed by atoms with E-state index in [1.807, 2.05) is 31.2 Å². The maximum atomic E-state index is 12.7. The molecule has 2 aromatic carbocycles. The van der Waals surface area contributed by atoms with Crippen molar-refractivity contribution in [3.8, 4) is 11.4 Å². The Bertz CT molecular complexity index is 1020. The zero-order chi connectivity index (χ0) is 21.5. The molecule has 1 N–H and O–H groups in total. The van der Waals surface area contributed by atoms with Crippen LogP contribution in [0.15, 0.2) is 53.7 Å². The van der Waals surface area contributed by atoms with Crippen molar-refractivity contribution in [3.05, 3.63) is 54.1 Å². The van der Waals surface area contributed by atoms with E-state index < -0.39 is 11.2 Å². The van der Waals surface area contributed by atoms with Crippen LogP contribution >= 0.6 is 11.8 Å². The first kappa shape index (κ1) is 21.3. The zero-order valence-corrected chi connectivity index (χ0v) is 17.5. The van der Waals surface area contributed by atoms with Gasteiger partial charge in [0, 0.05) is 0 Å². The van der Waals surface area contributed by atoms with Crippen LogP contribution in [0.5, 0.6) is 5.75 Å². The molecule has 9 nitrogen and oxygen atoms in total. The topological polar surface area (TPSA) is 108 Å². The van der Waals surface area contributed by atoms with Crippen molar-refractivity contribution in [3.63, 3.8) is 0 Å². The molecular formula is C20H21N5O4S. The van der Waals surface area contributed by atoms with Gasteiger partial charge in [0.1, 0.15) is 5.75 Å². The van der Waals surface area contributed by atoms with Gasteiger partial charge in [-0.15, -0.1) is 5.10 Å². The van der Waals surface area contributed by atoms with Crippen molar-refractivity contribution < 1.29 is 19.1 Å². The van der Waals surface area contributed by atoms with Gasteiger partial charge in [-0.05, 0) is 60.7 Å². The molecule has 0 aliphatic rings. The largest absolute Gasteiger partial charge is 0.494 e. The molecule has 0 aliphatic heterocycles. The lowest BCUT2D eigenvalue weighted by Crippen LogP contribution is -2.24. The Balaban J connectivity index is 1.71. The third kappa shape index (κ3) is 4.95. The van der Waals surface area contributed by atoms with Crippen LogP contribution in [0, 0.1) is 0 Å². The van der Waals surface area contributed by atoms with Crippen molar-refractivity contribution in [1.82, 2.24) is 20.2 Å². The van der Waals surface area contributed by atoms with Crippen molar-refractivity contribution in [2.45, 2.75) is 24.3 Å². The molecule has 3 aromatic rings. The molecular weight excluding hydrogens is 406 g/mol. The number of para-hydroxylation sites is 1.